The van der Waals surface area contributed by atoms with Crippen LogP contribution in [0.3, 0.4) is 0 Å². The smallest absolute Gasteiger partial charge is 0.358 e. The molecule has 0 aliphatic carbocycles. The summed E-state index contributed by atoms with van der Waals surface area (Å²) in [6.07, 6.45) is 0. The first-order valence-electron chi connectivity index (χ1n) is 8.25. The van der Waals surface area contributed by atoms with Crippen molar-refractivity contribution in [3.63, 3.8) is 0 Å². The van der Waals surface area contributed by atoms with Gasteiger partial charge in [0.25, 0.3) is 11.8 Å². The van der Waals surface area contributed by atoms with Crippen molar-refractivity contribution in [1.82, 2.24) is 29.4 Å². The zero-order valence-electron chi connectivity index (χ0n) is 14.5. The van der Waals surface area contributed by atoms with E-state index >= 15 is 0 Å². The van der Waals surface area contributed by atoms with E-state index in [0.717, 1.165) is 5.69 Å². The molecule has 2 aromatic rings. The number of methoxy groups -OCH3 is 1. The van der Waals surface area contributed by atoms with Crippen LogP contribution in [0.5, 0.6) is 0 Å². The Kier molecular flexibility index (Phi) is 3.74. The van der Waals surface area contributed by atoms with Gasteiger partial charge in [-0.05, 0) is 6.07 Å². The van der Waals surface area contributed by atoms with E-state index in [0.29, 0.717) is 38.4 Å². The van der Waals surface area contributed by atoms with Crippen molar-refractivity contribution in [1.29, 1.82) is 0 Å². The molecule has 2 amide bonds. The molecule has 10 heteroatoms. The first kappa shape index (κ1) is 16.3. The Labute approximate surface area is 148 Å². The Morgan fingerprint density at radius 1 is 1.04 bits per heavy atom. The third-order valence-electron chi connectivity index (χ3n) is 4.69. The molecule has 136 valence electrons. The van der Waals surface area contributed by atoms with Gasteiger partial charge in [0.2, 0.25) is 0 Å². The molecule has 4 rings (SSSR count). The van der Waals surface area contributed by atoms with E-state index in [2.05, 4.69) is 14.9 Å². The van der Waals surface area contributed by atoms with Crippen LogP contribution < -0.4 is 0 Å². The van der Waals surface area contributed by atoms with Crippen LogP contribution in [-0.2, 0) is 24.4 Å². The molecular formula is C16H18N6O4. The molecule has 0 aromatic carbocycles. The normalized spacial score (nSPS) is 16.3. The molecule has 4 heterocycles. The molecule has 10 nitrogen and oxygen atoms in total. The number of likely N-dealkylation sites (N-methyl/N-ethyl adjacent to an activating group) is 1. The lowest BCUT2D eigenvalue weighted by molar-refractivity contribution is 0.0590. The highest BCUT2D eigenvalue weighted by Gasteiger charge is 2.30. The largest absolute Gasteiger partial charge is 0.464 e. The monoisotopic (exact) mass is 358 g/mol. The van der Waals surface area contributed by atoms with Crippen molar-refractivity contribution in [3.05, 3.63) is 34.9 Å². The van der Waals surface area contributed by atoms with E-state index in [1.54, 1.807) is 38.3 Å². The van der Waals surface area contributed by atoms with E-state index in [9.17, 15) is 14.4 Å². The van der Waals surface area contributed by atoms with Gasteiger partial charge >= 0.3 is 5.97 Å². The fourth-order valence-corrected chi connectivity index (χ4v) is 3.21. The van der Waals surface area contributed by atoms with E-state index < -0.39 is 5.97 Å². The van der Waals surface area contributed by atoms with Gasteiger partial charge < -0.3 is 14.5 Å². The van der Waals surface area contributed by atoms with Crippen molar-refractivity contribution >= 4 is 17.8 Å². The van der Waals surface area contributed by atoms with Crippen LogP contribution in [0.1, 0.15) is 37.2 Å². The third kappa shape index (κ3) is 2.54. The van der Waals surface area contributed by atoms with E-state index in [4.69, 9.17) is 0 Å². The topological polar surface area (TPSA) is 103 Å². The molecule has 0 saturated carbocycles. The lowest BCUT2D eigenvalue weighted by Crippen LogP contribution is -2.38. The minimum atomic E-state index is -0.505. The van der Waals surface area contributed by atoms with Crippen LogP contribution in [0, 0.1) is 0 Å². The number of hydrogen-bond acceptors (Lipinski definition) is 6. The number of nitrogens with zero attached hydrogens (tertiary/aromatic N) is 6. The zero-order chi connectivity index (χ0) is 18.4. The van der Waals surface area contributed by atoms with Crippen molar-refractivity contribution in [2.45, 2.75) is 19.6 Å². The third-order valence-corrected chi connectivity index (χ3v) is 4.69. The molecule has 0 fully saturated rings. The highest BCUT2D eigenvalue weighted by molar-refractivity contribution is 5.98. The molecule has 0 saturated heterocycles. The Hall–Kier alpha value is -3.17. The minimum Gasteiger partial charge on any atom is -0.464 e. The summed E-state index contributed by atoms with van der Waals surface area (Å²) >= 11 is 0. The number of rotatable bonds is 2. The molecule has 0 radical (unpaired) electrons. The molecule has 2 aromatic heterocycles. The number of hydrogen-bond donors (Lipinski definition) is 0. The Morgan fingerprint density at radius 2 is 1.77 bits per heavy atom. The van der Waals surface area contributed by atoms with Gasteiger partial charge in [0.1, 0.15) is 5.69 Å². The van der Waals surface area contributed by atoms with Crippen LogP contribution >= 0.6 is 0 Å². The Balaban J connectivity index is 1.55. The van der Waals surface area contributed by atoms with Gasteiger partial charge in [0, 0.05) is 26.2 Å². The van der Waals surface area contributed by atoms with Gasteiger partial charge in [-0.25, -0.2) is 4.79 Å². The Bertz CT molecular complexity index is 914. The molecule has 2 aliphatic rings. The van der Waals surface area contributed by atoms with E-state index in [-0.39, 0.29) is 23.2 Å². The summed E-state index contributed by atoms with van der Waals surface area (Å²) in [5, 5.41) is 8.49. The average Bonchev–Trinajstić information content (AvgIpc) is 3.27. The van der Waals surface area contributed by atoms with E-state index in [1.807, 2.05) is 0 Å². The van der Waals surface area contributed by atoms with Crippen molar-refractivity contribution in [2.75, 3.05) is 27.2 Å². The lowest BCUT2D eigenvalue weighted by Gasteiger charge is -2.26. The number of carbonyl (C=O) groups is 3. The second kappa shape index (κ2) is 5.97. The van der Waals surface area contributed by atoms with Gasteiger partial charge in [0.15, 0.2) is 11.4 Å². The molecule has 0 unspecified atom stereocenters. The number of carbonyl (C=O) groups excluding carboxylic acids is 3. The van der Waals surface area contributed by atoms with Gasteiger partial charge in [0.05, 0.1) is 32.4 Å². The summed E-state index contributed by atoms with van der Waals surface area (Å²) < 4.78 is 7.96. The fourth-order valence-electron chi connectivity index (χ4n) is 3.21. The number of amides is 2. The summed E-state index contributed by atoms with van der Waals surface area (Å²) in [5.74, 6) is -0.883. The van der Waals surface area contributed by atoms with Crippen molar-refractivity contribution in [3.8, 4) is 0 Å². The molecule has 0 spiro atoms. The predicted octanol–water partition coefficient (Wildman–Crippen LogP) is -0.392. The molecule has 2 aliphatic heterocycles. The molecule has 0 N–H and O–H groups in total. The minimum absolute atomic E-state index is 0.137. The Morgan fingerprint density at radius 3 is 2.54 bits per heavy atom. The number of aromatic nitrogens is 4. The lowest BCUT2D eigenvalue weighted by atomic mass is 10.2. The molecule has 0 bridgehead atoms. The predicted molar refractivity (Wildman–Crippen MR) is 87.5 cm³/mol. The van der Waals surface area contributed by atoms with Gasteiger partial charge in [-0.2, -0.15) is 10.2 Å². The van der Waals surface area contributed by atoms with Crippen molar-refractivity contribution in [2.24, 2.45) is 0 Å². The first-order valence-corrected chi connectivity index (χ1v) is 8.25. The number of ether oxygens (including phenoxy) is 1. The van der Waals surface area contributed by atoms with Crippen LogP contribution in [0.2, 0.25) is 0 Å². The summed E-state index contributed by atoms with van der Waals surface area (Å²) in [4.78, 5) is 39.8. The second-order valence-electron chi connectivity index (χ2n) is 6.33. The average molecular weight is 358 g/mol. The van der Waals surface area contributed by atoms with Crippen LogP contribution in [0.4, 0.5) is 0 Å². The SMILES string of the molecule is COC(=O)c1cc2n(n1)CCN(C(=O)c1cc3n(n1)CCN(C)C3=O)C2. The highest BCUT2D eigenvalue weighted by Crippen LogP contribution is 2.18. The zero-order valence-corrected chi connectivity index (χ0v) is 14.5. The summed E-state index contributed by atoms with van der Waals surface area (Å²) in [7, 11) is 3.03. The summed E-state index contributed by atoms with van der Waals surface area (Å²) in [6.45, 7) is 2.39. The van der Waals surface area contributed by atoms with Gasteiger partial charge in [-0.1, -0.05) is 0 Å². The van der Waals surface area contributed by atoms with Crippen LogP contribution in [0.15, 0.2) is 12.1 Å². The van der Waals surface area contributed by atoms with E-state index in [1.165, 1.54) is 7.11 Å². The van der Waals surface area contributed by atoms with Crippen LogP contribution in [0.25, 0.3) is 0 Å². The quantitative estimate of drug-likeness (QED) is 0.678. The number of esters is 1. The van der Waals surface area contributed by atoms with Gasteiger partial charge in [-0.3, -0.25) is 19.0 Å². The maximum atomic E-state index is 12.8. The van der Waals surface area contributed by atoms with Crippen molar-refractivity contribution < 1.29 is 19.1 Å². The summed E-state index contributed by atoms with van der Waals surface area (Å²) in [5.41, 5.74) is 1.66. The molecular weight excluding hydrogens is 340 g/mol. The van der Waals surface area contributed by atoms with Gasteiger partial charge in [-0.15, -0.1) is 0 Å². The first-order chi connectivity index (χ1) is 12.5. The van der Waals surface area contributed by atoms with Crippen LogP contribution in [-0.4, -0.2) is 74.4 Å². The summed E-state index contributed by atoms with van der Waals surface area (Å²) in [6, 6.07) is 3.17. The molecule has 26 heavy (non-hydrogen) atoms. The maximum absolute atomic E-state index is 12.8. The second-order valence-corrected chi connectivity index (χ2v) is 6.33. The number of fused-ring (bicyclic) bond motifs is 2. The molecule has 0 atom stereocenters. The standard InChI is InChI=1S/C16H18N6O4/c1-19-3-5-22-13(15(19)24)8-11(17-22)14(23)20-4-6-21-10(9-20)7-12(18-21)16(25)26-2/h7-8H,3-6,9H2,1-2H3. The maximum Gasteiger partial charge on any atom is 0.358 e. The fraction of sp³-hybridized carbons (Fsp3) is 0.438. The highest BCUT2D eigenvalue weighted by atomic mass is 16.5.